The summed E-state index contributed by atoms with van der Waals surface area (Å²) in [6.07, 6.45) is 57.0. The molecule has 0 aliphatic rings. The minimum atomic E-state index is -4.95. The van der Waals surface area contributed by atoms with E-state index in [1.165, 1.54) is 205 Å². The van der Waals surface area contributed by atoms with Crippen LogP contribution >= 0.6 is 15.6 Å². The first-order valence-electron chi connectivity index (χ1n) is 39.2. The second-order valence-electron chi connectivity index (χ2n) is 27.3. The first kappa shape index (κ1) is 92.1. The Morgan fingerprint density at radius 2 is 0.511 bits per heavy atom. The van der Waals surface area contributed by atoms with Crippen molar-refractivity contribution in [2.24, 2.45) is 5.92 Å². The summed E-state index contributed by atoms with van der Waals surface area (Å²) in [6, 6.07) is 0. The molecule has 19 heteroatoms. The number of esters is 4. The number of aliphatic hydroxyl groups excluding tert-OH is 1. The van der Waals surface area contributed by atoms with Crippen molar-refractivity contribution in [1.29, 1.82) is 0 Å². The number of phosphoric acid groups is 2. The van der Waals surface area contributed by atoms with Gasteiger partial charge in [-0.25, -0.2) is 9.13 Å². The van der Waals surface area contributed by atoms with Crippen molar-refractivity contribution in [3.63, 3.8) is 0 Å². The van der Waals surface area contributed by atoms with Gasteiger partial charge in [-0.2, -0.15) is 0 Å². The van der Waals surface area contributed by atoms with Crippen molar-refractivity contribution in [3.05, 3.63) is 0 Å². The SMILES string of the molecule is CCCCCCCCCCCCCCCCCCCCCCC(=O)O[C@H](COC(=O)CCCCCCCCCCCCCCCCC)COP(=O)(O)OC[C@@H](O)COP(=O)(O)OC[C@@H](COC(=O)CCCCCCCCC)OC(=O)CCCCCCCCCCC(C)CC. The monoisotopic (exact) mass is 1380 g/mol. The summed E-state index contributed by atoms with van der Waals surface area (Å²) in [5.41, 5.74) is 0. The van der Waals surface area contributed by atoms with Crippen LogP contribution in [0.1, 0.15) is 394 Å². The Morgan fingerprint density at radius 1 is 0.298 bits per heavy atom. The fraction of sp³-hybridized carbons (Fsp3) is 0.947. The van der Waals surface area contributed by atoms with E-state index in [2.05, 4.69) is 34.6 Å². The molecule has 6 atom stereocenters. The highest BCUT2D eigenvalue weighted by molar-refractivity contribution is 7.47. The summed E-state index contributed by atoms with van der Waals surface area (Å²) >= 11 is 0. The van der Waals surface area contributed by atoms with Crippen LogP contribution in [0.25, 0.3) is 0 Å². The molecule has 0 aromatic carbocycles. The number of carbonyl (C=O) groups is 4. The molecule has 0 aromatic rings. The molecule has 558 valence electrons. The van der Waals surface area contributed by atoms with Crippen LogP contribution in [0.2, 0.25) is 0 Å². The number of aliphatic hydroxyl groups is 1. The predicted molar refractivity (Wildman–Crippen MR) is 382 cm³/mol. The maximum Gasteiger partial charge on any atom is 0.472 e. The van der Waals surface area contributed by atoms with Crippen molar-refractivity contribution >= 4 is 39.5 Å². The lowest BCUT2D eigenvalue weighted by molar-refractivity contribution is -0.161. The van der Waals surface area contributed by atoms with Gasteiger partial charge >= 0.3 is 39.5 Å². The molecule has 0 amide bonds. The van der Waals surface area contributed by atoms with E-state index in [1.807, 2.05) is 0 Å². The van der Waals surface area contributed by atoms with Gasteiger partial charge in [0.2, 0.25) is 0 Å². The Kier molecular flexibility index (Phi) is 66.8. The largest absolute Gasteiger partial charge is 0.472 e. The first-order valence-corrected chi connectivity index (χ1v) is 42.2. The van der Waals surface area contributed by atoms with Gasteiger partial charge in [0, 0.05) is 25.7 Å². The van der Waals surface area contributed by atoms with Crippen LogP contribution in [-0.4, -0.2) is 96.7 Å². The third-order valence-electron chi connectivity index (χ3n) is 17.9. The van der Waals surface area contributed by atoms with E-state index in [-0.39, 0.29) is 25.7 Å². The van der Waals surface area contributed by atoms with Crippen molar-refractivity contribution < 1.29 is 80.2 Å². The van der Waals surface area contributed by atoms with Crippen molar-refractivity contribution in [2.45, 2.75) is 412 Å². The Balaban J connectivity index is 5.18. The molecule has 0 fully saturated rings. The molecule has 0 aliphatic heterocycles. The molecule has 94 heavy (non-hydrogen) atoms. The molecule has 0 heterocycles. The van der Waals surface area contributed by atoms with Gasteiger partial charge in [-0.1, -0.05) is 343 Å². The third kappa shape index (κ3) is 67.3. The van der Waals surface area contributed by atoms with Crippen LogP contribution in [-0.2, 0) is 65.4 Å². The fourth-order valence-electron chi connectivity index (χ4n) is 11.5. The molecule has 0 aromatic heterocycles. The van der Waals surface area contributed by atoms with E-state index in [0.717, 1.165) is 109 Å². The number of ether oxygens (including phenoxy) is 4. The van der Waals surface area contributed by atoms with E-state index in [0.29, 0.717) is 25.7 Å². The Bertz CT molecular complexity index is 1810. The smallest absolute Gasteiger partial charge is 0.462 e. The Hall–Kier alpha value is -1.94. The van der Waals surface area contributed by atoms with Crippen LogP contribution in [0, 0.1) is 5.92 Å². The zero-order valence-corrected chi connectivity index (χ0v) is 62.9. The molecule has 0 saturated carbocycles. The van der Waals surface area contributed by atoms with Crippen LogP contribution in [0.5, 0.6) is 0 Å². The van der Waals surface area contributed by atoms with Crippen LogP contribution in [0.15, 0.2) is 0 Å². The first-order chi connectivity index (χ1) is 45.6. The van der Waals surface area contributed by atoms with Crippen LogP contribution < -0.4 is 0 Å². The second kappa shape index (κ2) is 68.2. The van der Waals surface area contributed by atoms with Gasteiger partial charge in [0.1, 0.15) is 19.3 Å². The summed E-state index contributed by atoms with van der Waals surface area (Å²) in [5.74, 6) is -1.35. The number of hydrogen-bond donors (Lipinski definition) is 3. The normalized spacial score (nSPS) is 14.3. The average molecular weight is 1380 g/mol. The minimum absolute atomic E-state index is 0.105. The van der Waals surface area contributed by atoms with Gasteiger partial charge in [-0.3, -0.25) is 37.3 Å². The van der Waals surface area contributed by atoms with Crippen molar-refractivity contribution in [1.82, 2.24) is 0 Å². The minimum Gasteiger partial charge on any atom is -0.462 e. The fourth-order valence-corrected chi connectivity index (χ4v) is 13.1. The highest BCUT2D eigenvalue weighted by Crippen LogP contribution is 2.45. The van der Waals surface area contributed by atoms with Crippen LogP contribution in [0.3, 0.4) is 0 Å². The molecular formula is C75H146O17P2. The average Bonchev–Trinajstić information content (AvgIpc) is 1.80. The number of unbranched alkanes of at least 4 members (excludes halogenated alkanes) is 46. The maximum atomic E-state index is 13.1. The van der Waals surface area contributed by atoms with Crippen molar-refractivity contribution in [2.75, 3.05) is 39.6 Å². The van der Waals surface area contributed by atoms with Gasteiger partial charge in [0.05, 0.1) is 26.4 Å². The summed E-state index contributed by atoms with van der Waals surface area (Å²) in [5, 5.41) is 10.6. The molecular weight excluding hydrogens is 1230 g/mol. The topological polar surface area (TPSA) is 237 Å². The molecule has 0 rings (SSSR count). The zero-order valence-electron chi connectivity index (χ0n) is 61.1. The molecule has 3 unspecified atom stereocenters. The van der Waals surface area contributed by atoms with Gasteiger partial charge < -0.3 is 33.8 Å². The number of carbonyl (C=O) groups excluding carboxylic acids is 4. The maximum absolute atomic E-state index is 13.1. The van der Waals surface area contributed by atoms with E-state index >= 15 is 0 Å². The predicted octanol–water partition coefficient (Wildman–Crippen LogP) is 22.1. The molecule has 0 aliphatic carbocycles. The van der Waals surface area contributed by atoms with E-state index in [9.17, 15) is 43.2 Å². The summed E-state index contributed by atoms with van der Waals surface area (Å²) in [4.78, 5) is 72.6. The second-order valence-corrected chi connectivity index (χ2v) is 30.2. The molecule has 0 radical (unpaired) electrons. The number of phosphoric ester groups is 2. The standard InChI is InChI=1S/C75H146O17P2/c1-6-10-13-16-19-21-23-25-27-28-29-30-31-33-35-37-39-45-50-55-60-74(79)91-71(65-86-73(78)59-54-49-44-38-36-34-32-26-24-22-20-17-14-11-7-2)67-90-94(83,84)88-63-69(76)62-87-93(81,82)89-66-70(64-85-72(77)58-53-48-42-18-15-12-8-3)92-75(80)61-56-51-46-41-40-43-47-52-57-68(5)9-4/h68-71,76H,6-67H2,1-5H3,(H,81,82)(H,83,84)/t68?,69-,70+,71+/m0/s1. The molecule has 3 N–H and O–H groups in total. The molecule has 0 spiro atoms. The van der Waals surface area contributed by atoms with Gasteiger partial charge in [-0.05, 0) is 31.6 Å². The van der Waals surface area contributed by atoms with E-state index in [4.69, 9.17) is 37.0 Å². The zero-order chi connectivity index (χ0) is 69.1. The third-order valence-corrected chi connectivity index (χ3v) is 19.8. The van der Waals surface area contributed by atoms with Gasteiger partial charge in [0.15, 0.2) is 12.2 Å². The Morgan fingerprint density at radius 3 is 0.755 bits per heavy atom. The number of rotatable bonds is 75. The van der Waals surface area contributed by atoms with Crippen molar-refractivity contribution in [3.8, 4) is 0 Å². The van der Waals surface area contributed by atoms with Gasteiger partial charge in [-0.15, -0.1) is 0 Å². The lowest BCUT2D eigenvalue weighted by atomic mass is 9.99. The molecule has 0 bridgehead atoms. The van der Waals surface area contributed by atoms with Gasteiger partial charge in [0.25, 0.3) is 0 Å². The van der Waals surface area contributed by atoms with Crippen LogP contribution in [0.4, 0.5) is 0 Å². The summed E-state index contributed by atoms with van der Waals surface area (Å²) in [7, 11) is -9.90. The highest BCUT2D eigenvalue weighted by Gasteiger charge is 2.30. The molecule has 17 nitrogen and oxygen atoms in total. The summed E-state index contributed by atoms with van der Waals surface area (Å²) in [6.45, 7) is 7.24. The molecule has 0 saturated heterocycles. The van der Waals surface area contributed by atoms with E-state index in [1.54, 1.807) is 0 Å². The lowest BCUT2D eigenvalue weighted by Crippen LogP contribution is -2.30. The van der Waals surface area contributed by atoms with E-state index < -0.39 is 97.5 Å². The summed E-state index contributed by atoms with van der Waals surface area (Å²) < 4.78 is 68.4. The highest BCUT2D eigenvalue weighted by atomic mass is 31.2. The quantitative estimate of drug-likeness (QED) is 0.0222. The lowest BCUT2D eigenvalue weighted by Gasteiger charge is -2.21. The number of hydrogen-bond acceptors (Lipinski definition) is 15. The Labute approximate surface area is 575 Å².